The molecule has 5 heteroatoms. The van der Waals surface area contributed by atoms with Crippen molar-refractivity contribution in [3.05, 3.63) is 29.8 Å². The summed E-state index contributed by atoms with van der Waals surface area (Å²) in [4.78, 5) is 23.4. The Morgan fingerprint density at radius 2 is 2.16 bits per heavy atom. The second kappa shape index (κ2) is 7.96. The van der Waals surface area contributed by atoms with Crippen LogP contribution < -0.4 is 11.1 Å². The normalized spacial score (nSPS) is 11.9. The maximum atomic E-state index is 11.8. The highest BCUT2D eigenvalue weighted by Crippen LogP contribution is 2.13. The molecule has 0 saturated heterocycles. The lowest BCUT2D eigenvalue weighted by Gasteiger charge is -2.12. The summed E-state index contributed by atoms with van der Waals surface area (Å²) in [6, 6.07) is 6.43. The average molecular weight is 280 g/mol. The quantitative estimate of drug-likeness (QED) is 0.752. The first kappa shape index (κ1) is 15.7. The summed E-state index contributed by atoms with van der Waals surface area (Å²) in [6.07, 6.45) is 3.07. The first-order valence-corrected chi connectivity index (χ1v) is 7.66. The second-order valence-corrected chi connectivity index (χ2v) is 5.22. The molecule has 0 aliphatic carbocycles. The number of anilines is 1. The highest BCUT2D eigenvalue weighted by molar-refractivity contribution is 7.98. The smallest absolute Gasteiger partial charge is 0.241 e. The number of hydrogen-bond acceptors (Lipinski definition) is 4. The fourth-order valence-corrected chi connectivity index (χ4v) is 2.08. The van der Waals surface area contributed by atoms with Gasteiger partial charge in [0.25, 0.3) is 0 Å². The van der Waals surface area contributed by atoms with Crippen molar-refractivity contribution in [2.45, 2.75) is 25.8 Å². The van der Waals surface area contributed by atoms with Crippen molar-refractivity contribution < 1.29 is 9.59 Å². The number of nitrogens with two attached hydrogens (primary N) is 1. The van der Waals surface area contributed by atoms with E-state index in [1.807, 2.05) is 13.2 Å². The largest absolute Gasteiger partial charge is 0.325 e. The van der Waals surface area contributed by atoms with E-state index in [0.29, 0.717) is 24.1 Å². The zero-order valence-electron chi connectivity index (χ0n) is 11.3. The van der Waals surface area contributed by atoms with E-state index in [9.17, 15) is 9.59 Å². The molecule has 0 radical (unpaired) electrons. The van der Waals surface area contributed by atoms with Gasteiger partial charge in [0.05, 0.1) is 6.04 Å². The topological polar surface area (TPSA) is 72.2 Å². The van der Waals surface area contributed by atoms with Gasteiger partial charge in [-0.25, -0.2) is 0 Å². The van der Waals surface area contributed by atoms with Gasteiger partial charge in [-0.1, -0.05) is 19.1 Å². The molecule has 0 aliphatic rings. The predicted octanol–water partition coefficient (Wildman–Crippen LogP) is 2.30. The van der Waals surface area contributed by atoms with Gasteiger partial charge in [0, 0.05) is 17.7 Å². The molecule has 0 fully saturated rings. The van der Waals surface area contributed by atoms with Gasteiger partial charge in [-0.3, -0.25) is 9.59 Å². The van der Waals surface area contributed by atoms with E-state index in [0.717, 1.165) is 5.75 Å². The summed E-state index contributed by atoms with van der Waals surface area (Å²) in [5.41, 5.74) is 7.01. The fraction of sp³-hybridized carbons (Fsp3) is 0.429. The Kier molecular flexibility index (Phi) is 6.59. The molecule has 1 aromatic rings. The zero-order valence-corrected chi connectivity index (χ0v) is 12.1. The lowest BCUT2D eigenvalue weighted by molar-refractivity contribution is -0.117. The van der Waals surface area contributed by atoms with E-state index < -0.39 is 6.04 Å². The first-order valence-electron chi connectivity index (χ1n) is 6.27. The SMILES string of the molecule is CCC(=O)c1cccc(NC(=O)C(N)CCSC)c1. The summed E-state index contributed by atoms with van der Waals surface area (Å²) in [7, 11) is 0. The van der Waals surface area contributed by atoms with E-state index >= 15 is 0 Å². The molecule has 19 heavy (non-hydrogen) atoms. The van der Waals surface area contributed by atoms with Crippen molar-refractivity contribution >= 4 is 29.1 Å². The van der Waals surface area contributed by atoms with Gasteiger partial charge in [0.2, 0.25) is 5.91 Å². The van der Waals surface area contributed by atoms with Crippen LogP contribution in [0.2, 0.25) is 0 Å². The van der Waals surface area contributed by atoms with Crippen LogP contribution in [0.5, 0.6) is 0 Å². The molecule has 0 saturated carbocycles. The van der Waals surface area contributed by atoms with Gasteiger partial charge in [0.1, 0.15) is 0 Å². The van der Waals surface area contributed by atoms with Crippen LogP contribution in [-0.2, 0) is 4.79 Å². The van der Waals surface area contributed by atoms with Gasteiger partial charge in [-0.05, 0) is 30.6 Å². The Bertz CT molecular complexity index is 449. The van der Waals surface area contributed by atoms with Gasteiger partial charge in [0.15, 0.2) is 5.78 Å². The van der Waals surface area contributed by atoms with Crippen molar-refractivity contribution in [3.8, 4) is 0 Å². The molecule has 1 amide bonds. The summed E-state index contributed by atoms with van der Waals surface area (Å²) >= 11 is 1.66. The maximum absolute atomic E-state index is 11.8. The first-order chi connectivity index (χ1) is 9.08. The number of carbonyl (C=O) groups is 2. The Labute approximate surface area is 118 Å². The van der Waals surface area contributed by atoms with Gasteiger partial charge in [-0.15, -0.1) is 0 Å². The third kappa shape index (κ3) is 5.04. The number of carbonyl (C=O) groups excluding carboxylic acids is 2. The van der Waals surface area contributed by atoms with E-state index in [2.05, 4.69) is 5.32 Å². The summed E-state index contributed by atoms with van der Waals surface area (Å²) < 4.78 is 0. The van der Waals surface area contributed by atoms with E-state index in [4.69, 9.17) is 5.73 Å². The van der Waals surface area contributed by atoms with Crippen molar-refractivity contribution in [1.29, 1.82) is 0 Å². The molecule has 1 aromatic carbocycles. The second-order valence-electron chi connectivity index (χ2n) is 4.23. The van der Waals surface area contributed by atoms with Gasteiger partial charge >= 0.3 is 0 Å². The minimum absolute atomic E-state index is 0.0581. The van der Waals surface area contributed by atoms with Crippen molar-refractivity contribution in [3.63, 3.8) is 0 Å². The molecule has 4 nitrogen and oxygen atoms in total. The monoisotopic (exact) mass is 280 g/mol. The molecule has 0 aromatic heterocycles. The maximum Gasteiger partial charge on any atom is 0.241 e. The van der Waals surface area contributed by atoms with Crippen LogP contribution in [-0.4, -0.2) is 29.7 Å². The van der Waals surface area contributed by atoms with Crippen LogP contribution in [0, 0.1) is 0 Å². The number of nitrogens with one attached hydrogen (secondary N) is 1. The van der Waals surface area contributed by atoms with Crippen LogP contribution in [0.15, 0.2) is 24.3 Å². The van der Waals surface area contributed by atoms with Gasteiger partial charge < -0.3 is 11.1 Å². The number of amides is 1. The zero-order chi connectivity index (χ0) is 14.3. The van der Waals surface area contributed by atoms with Crippen LogP contribution in [0.25, 0.3) is 0 Å². The van der Waals surface area contributed by atoms with Crippen LogP contribution in [0.1, 0.15) is 30.1 Å². The molecule has 0 aliphatic heterocycles. The number of thioether (sulfide) groups is 1. The lowest BCUT2D eigenvalue weighted by Crippen LogP contribution is -2.36. The molecular weight excluding hydrogens is 260 g/mol. The number of Topliss-reactive ketones (excluding diaryl/α,β-unsaturated/α-hetero) is 1. The lowest BCUT2D eigenvalue weighted by atomic mass is 10.1. The molecule has 1 atom stereocenters. The van der Waals surface area contributed by atoms with E-state index in [1.165, 1.54) is 0 Å². The summed E-state index contributed by atoms with van der Waals surface area (Å²) in [5, 5.41) is 2.74. The van der Waals surface area contributed by atoms with Crippen molar-refractivity contribution in [2.75, 3.05) is 17.3 Å². The standard InChI is InChI=1S/C14H20N2O2S/c1-3-13(17)10-5-4-6-11(9-10)16-14(18)12(15)7-8-19-2/h4-6,9,12H,3,7-8,15H2,1-2H3,(H,16,18). The van der Waals surface area contributed by atoms with Gasteiger partial charge in [-0.2, -0.15) is 11.8 Å². The average Bonchev–Trinajstić information content (AvgIpc) is 2.44. The number of benzene rings is 1. The fourth-order valence-electron chi connectivity index (χ4n) is 1.59. The molecular formula is C14H20N2O2S. The Hall–Kier alpha value is -1.33. The molecule has 3 N–H and O–H groups in total. The minimum Gasteiger partial charge on any atom is -0.325 e. The molecule has 1 unspecified atom stereocenters. The van der Waals surface area contributed by atoms with Crippen molar-refractivity contribution in [1.82, 2.24) is 0 Å². The Morgan fingerprint density at radius 1 is 1.42 bits per heavy atom. The van der Waals surface area contributed by atoms with Crippen molar-refractivity contribution in [2.24, 2.45) is 5.73 Å². The molecule has 0 spiro atoms. The minimum atomic E-state index is -0.516. The number of rotatable bonds is 7. The molecule has 104 valence electrons. The third-order valence-electron chi connectivity index (χ3n) is 2.74. The predicted molar refractivity (Wildman–Crippen MR) is 80.7 cm³/mol. The molecule has 0 heterocycles. The van der Waals surface area contributed by atoms with E-state index in [1.54, 1.807) is 36.0 Å². The van der Waals surface area contributed by atoms with E-state index in [-0.39, 0.29) is 11.7 Å². The third-order valence-corrected chi connectivity index (χ3v) is 3.39. The number of ketones is 1. The highest BCUT2D eigenvalue weighted by atomic mass is 32.2. The molecule has 1 rings (SSSR count). The van der Waals surface area contributed by atoms with Crippen LogP contribution in [0.4, 0.5) is 5.69 Å². The van der Waals surface area contributed by atoms with Crippen LogP contribution in [0.3, 0.4) is 0 Å². The summed E-state index contributed by atoms with van der Waals surface area (Å²) in [6.45, 7) is 1.81. The van der Waals surface area contributed by atoms with Crippen LogP contribution >= 0.6 is 11.8 Å². The molecule has 0 bridgehead atoms. The Morgan fingerprint density at radius 3 is 2.79 bits per heavy atom. The summed E-state index contributed by atoms with van der Waals surface area (Å²) in [5.74, 6) is 0.695. The number of hydrogen-bond donors (Lipinski definition) is 2. The highest BCUT2D eigenvalue weighted by Gasteiger charge is 2.13. The Balaban J connectivity index is 2.66.